The molecule has 0 saturated carbocycles. The highest BCUT2D eigenvalue weighted by Gasteiger charge is 2.17. The number of aromatic nitrogens is 5. The number of nitrogens with one attached hydrogen (secondary N) is 1. The maximum Gasteiger partial charge on any atom is 0.204 e. The highest BCUT2D eigenvalue weighted by atomic mass is 79.9. The van der Waals surface area contributed by atoms with E-state index in [1.165, 1.54) is 5.56 Å². The van der Waals surface area contributed by atoms with Crippen LogP contribution in [0.1, 0.15) is 42.1 Å². The quantitative estimate of drug-likeness (QED) is 0.245. The SMILES string of the molecule is CC(C)c1cc(Br)nc(CCc2ccc(-c3nn[nH]n3)cc2)c1OCc1cc(Cl)cc(Cl)c1. The maximum atomic E-state index is 6.31. The summed E-state index contributed by atoms with van der Waals surface area (Å²) in [5, 5.41) is 15.3. The van der Waals surface area contributed by atoms with Gasteiger partial charge in [0.25, 0.3) is 0 Å². The predicted octanol–water partition coefficient (Wildman–Crippen LogP) is 6.82. The number of halogens is 3. The van der Waals surface area contributed by atoms with Crippen molar-refractivity contribution in [3.63, 3.8) is 0 Å². The zero-order valence-electron chi connectivity index (χ0n) is 18.1. The van der Waals surface area contributed by atoms with Gasteiger partial charge in [0.05, 0.1) is 5.69 Å². The Balaban J connectivity index is 1.55. The molecule has 6 nitrogen and oxygen atoms in total. The standard InChI is InChI=1S/C24H22BrCl2N5O/c1-14(2)20-12-22(25)28-21(23(20)33-13-16-9-18(26)11-19(27)10-16)8-5-15-3-6-17(7-4-15)24-29-31-32-30-24/h3-4,6-7,9-12,14H,5,8,13H2,1-2H3,(H,29,30,31,32). The molecule has 2 aromatic carbocycles. The number of aryl methyl sites for hydroxylation is 2. The van der Waals surface area contributed by atoms with Crippen molar-refractivity contribution in [3.05, 3.63) is 85.6 Å². The van der Waals surface area contributed by atoms with Gasteiger partial charge in [0.1, 0.15) is 17.0 Å². The van der Waals surface area contributed by atoms with Crippen molar-refractivity contribution in [3.8, 4) is 17.1 Å². The van der Waals surface area contributed by atoms with Crippen molar-refractivity contribution in [1.29, 1.82) is 0 Å². The molecule has 2 aromatic heterocycles. The van der Waals surface area contributed by atoms with Gasteiger partial charge >= 0.3 is 0 Å². The normalized spacial score (nSPS) is 11.2. The van der Waals surface area contributed by atoms with Crippen LogP contribution in [0.15, 0.2) is 53.1 Å². The average Bonchev–Trinajstić information content (AvgIpc) is 3.31. The number of ether oxygens (including phenoxy) is 1. The lowest BCUT2D eigenvalue weighted by atomic mass is 9.99. The van der Waals surface area contributed by atoms with Crippen molar-refractivity contribution in [2.45, 2.75) is 39.2 Å². The maximum absolute atomic E-state index is 6.31. The second-order valence-electron chi connectivity index (χ2n) is 7.96. The lowest BCUT2D eigenvalue weighted by molar-refractivity contribution is 0.296. The van der Waals surface area contributed by atoms with E-state index in [2.05, 4.69) is 62.5 Å². The number of hydrogen-bond acceptors (Lipinski definition) is 5. The predicted molar refractivity (Wildman–Crippen MR) is 134 cm³/mol. The Morgan fingerprint density at radius 2 is 1.70 bits per heavy atom. The number of rotatable bonds is 8. The highest BCUT2D eigenvalue weighted by molar-refractivity contribution is 9.10. The van der Waals surface area contributed by atoms with E-state index in [0.29, 0.717) is 22.5 Å². The molecule has 4 aromatic rings. The molecule has 0 radical (unpaired) electrons. The molecule has 170 valence electrons. The van der Waals surface area contributed by atoms with Crippen LogP contribution in [-0.2, 0) is 19.4 Å². The van der Waals surface area contributed by atoms with Crippen molar-refractivity contribution in [2.24, 2.45) is 0 Å². The summed E-state index contributed by atoms with van der Waals surface area (Å²) in [5.74, 6) is 1.66. The Morgan fingerprint density at radius 3 is 2.33 bits per heavy atom. The molecular weight excluding hydrogens is 525 g/mol. The minimum atomic E-state index is 0.273. The summed E-state index contributed by atoms with van der Waals surface area (Å²) < 4.78 is 7.11. The second-order valence-corrected chi connectivity index (χ2v) is 9.65. The first-order valence-electron chi connectivity index (χ1n) is 10.5. The molecule has 2 heterocycles. The van der Waals surface area contributed by atoms with Gasteiger partial charge in [-0.1, -0.05) is 61.3 Å². The smallest absolute Gasteiger partial charge is 0.204 e. The van der Waals surface area contributed by atoms with Crippen LogP contribution in [-0.4, -0.2) is 25.6 Å². The van der Waals surface area contributed by atoms with Crippen LogP contribution < -0.4 is 4.74 Å². The summed E-state index contributed by atoms with van der Waals surface area (Å²) in [6.07, 6.45) is 1.54. The molecule has 0 bridgehead atoms. The number of benzene rings is 2. The van der Waals surface area contributed by atoms with Gasteiger partial charge in [-0.05, 0) is 75.3 Å². The minimum Gasteiger partial charge on any atom is -0.487 e. The van der Waals surface area contributed by atoms with Gasteiger partial charge in [0, 0.05) is 21.2 Å². The lowest BCUT2D eigenvalue weighted by Gasteiger charge is -2.18. The zero-order valence-corrected chi connectivity index (χ0v) is 21.2. The zero-order chi connectivity index (χ0) is 23.4. The Labute approximate surface area is 210 Å². The van der Waals surface area contributed by atoms with E-state index in [1.54, 1.807) is 6.07 Å². The molecule has 1 N–H and O–H groups in total. The van der Waals surface area contributed by atoms with Crippen LogP contribution in [0.2, 0.25) is 10.0 Å². The number of aromatic amines is 1. The topological polar surface area (TPSA) is 76.6 Å². The molecule has 33 heavy (non-hydrogen) atoms. The number of hydrogen-bond donors (Lipinski definition) is 1. The van der Waals surface area contributed by atoms with E-state index < -0.39 is 0 Å². The van der Waals surface area contributed by atoms with Crippen LogP contribution >= 0.6 is 39.1 Å². The van der Waals surface area contributed by atoms with Crippen molar-refractivity contribution in [1.82, 2.24) is 25.6 Å². The van der Waals surface area contributed by atoms with E-state index in [9.17, 15) is 0 Å². The van der Waals surface area contributed by atoms with E-state index in [1.807, 2.05) is 30.3 Å². The van der Waals surface area contributed by atoms with E-state index in [-0.39, 0.29) is 5.92 Å². The van der Waals surface area contributed by atoms with Gasteiger partial charge < -0.3 is 4.74 Å². The molecule has 0 saturated heterocycles. The van der Waals surface area contributed by atoms with Crippen LogP contribution in [0.5, 0.6) is 5.75 Å². The number of nitrogens with zero attached hydrogens (tertiary/aromatic N) is 4. The molecule has 0 aliphatic heterocycles. The second kappa shape index (κ2) is 10.6. The Hall–Kier alpha value is -2.48. The van der Waals surface area contributed by atoms with Crippen LogP contribution in [0.25, 0.3) is 11.4 Å². The molecule has 9 heteroatoms. The third-order valence-corrected chi connectivity index (χ3v) is 6.02. The number of pyridine rings is 1. The molecule has 0 aliphatic carbocycles. The molecular formula is C24H22BrCl2N5O. The molecule has 0 amide bonds. The Morgan fingerprint density at radius 1 is 0.970 bits per heavy atom. The fourth-order valence-electron chi connectivity index (χ4n) is 3.55. The first-order chi connectivity index (χ1) is 15.9. The monoisotopic (exact) mass is 545 g/mol. The minimum absolute atomic E-state index is 0.273. The van der Waals surface area contributed by atoms with Crippen molar-refractivity contribution >= 4 is 39.1 Å². The summed E-state index contributed by atoms with van der Waals surface area (Å²) in [4.78, 5) is 4.74. The largest absolute Gasteiger partial charge is 0.487 e. The van der Waals surface area contributed by atoms with Gasteiger partial charge in [0.2, 0.25) is 5.82 Å². The van der Waals surface area contributed by atoms with E-state index in [4.69, 9.17) is 32.9 Å². The summed E-state index contributed by atoms with van der Waals surface area (Å²) in [6, 6.07) is 15.6. The molecule has 0 fully saturated rings. The molecule has 4 rings (SSSR count). The Bertz CT molecular complexity index is 1210. The number of H-pyrrole nitrogens is 1. The highest BCUT2D eigenvalue weighted by Crippen LogP contribution is 2.33. The summed E-state index contributed by atoms with van der Waals surface area (Å²) >= 11 is 15.9. The van der Waals surface area contributed by atoms with Crippen molar-refractivity contribution < 1.29 is 4.74 Å². The molecule has 0 unspecified atom stereocenters. The van der Waals surface area contributed by atoms with E-state index in [0.717, 1.165) is 45.6 Å². The van der Waals surface area contributed by atoms with E-state index >= 15 is 0 Å². The van der Waals surface area contributed by atoms with Crippen molar-refractivity contribution in [2.75, 3.05) is 0 Å². The summed E-state index contributed by atoms with van der Waals surface area (Å²) in [6.45, 7) is 4.65. The molecule has 0 atom stereocenters. The van der Waals surface area contributed by atoms with Gasteiger partial charge in [0.15, 0.2) is 0 Å². The lowest BCUT2D eigenvalue weighted by Crippen LogP contribution is -2.07. The first kappa shape index (κ1) is 23.7. The van der Waals surface area contributed by atoms with Gasteiger partial charge in [-0.25, -0.2) is 4.98 Å². The molecule has 0 aliphatic rings. The van der Waals surface area contributed by atoms with Gasteiger partial charge in [-0.15, -0.1) is 10.2 Å². The molecule has 0 spiro atoms. The van der Waals surface area contributed by atoms with Gasteiger partial charge in [-0.2, -0.15) is 5.21 Å². The van der Waals surface area contributed by atoms with Gasteiger partial charge in [-0.3, -0.25) is 0 Å². The summed E-state index contributed by atoms with van der Waals surface area (Å²) in [7, 11) is 0. The van der Waals surface area contributed by atoms with Crippen LogP contribution in [0, 0.1) is 0 Å². The third kappa shape index (κ3) is 6.10. The average molecular weight is 547 g/mol. The fourth-order valence-corrected chi connectivity index (χ4v) is 4.59. The Kier molecular flexibility index (Phi) is 7.63. The first-order valence-corrected chi connectivity index (χ1v) is 12.0. The van der Waals surface area contributed by atoms with Crippen LogP contribution in [0.4, 0.5) is 0 Å². The number of tetrazole rings is 1. The summed E-state index contributed by atoms with van der Waals surface area (Å²) in [5.41, 5.74) is 5.02. The fraction of sp³-hybridized carbons (Fsp3) is 0.250. The third-order valence-electron chi connectivity index (χ3n) is 5.18. The van der Waals surface area contributed by atoms with Crippen LogP contribution in [0.3, 0.4) is 0 Å².